The molecule has 7 heteroatoms. The van der Waals surface area contributed by atoms with Crippen LogP contribution in [0.25, 0.3) is 0 Å². The first-order valence-electron chi connectivity index (χ1n) is 7.93. The van der Waals surface area contributed by atoms with Gasteiger partial charge >= 0.3 is 5.97 Å². The number of carboxylic acid groups (broad SMARTS) is 1. The summed E-state index contributed by atoms with van der Waals surface area (Å²) in [6, 6.07) is 7.71. The van der Waals surface area contributed by atoms with E-state index >= 15 is 0 Å². The molecule has 0 bridgehead atoms. The normalized spacial score (nSPS) is 11.2. The Hall–Kier alpha value is -2.41. The highest BCUT2D eigenvalue weighted by atomic mass is 32.1. The summed E-state index contributed by atoms with van der Waals surface area (Å²) in [4.78, 5) is 26.5. The van der Waals surface area contributed by atoms with Gasteiger partial charge in [-0.1, -0.05) is 32.9 Å². The van der Waals surface area contributed by atoms with Gasteiger partial charge in [-0.2, -0.15) is 0 Å². The Morgan fingerprint density at radius 2 is 1.92 bits per heavy atom. The number of ether oxygens (including phenoxy) is 1. The number of carbonyl (C=O) groups excluding carboxylic acids is 1. The van der Waals surface area contributed by atoms with E-state index in [1.54, 1.807) is 0 Å². The van der Waals surface area contributed by atoms with E-state index in [1.165, 1.54) is 22.3 Å². The maximum Gasteiger partial charge on any atom is 0.355 e. The van der Waals surface area contributed by atoms with Crippen LogP contribution in [0.4, 0.5) is 0 Å². The molecule has 1 heterocycles. The van der Waals surface area contributed by atoms with Gasteiger partial charge in [-0.05, 0) is 23.1 Å². The number of rotatable bonds is 7. The molecule has 0 saturated heterocycles. The van der Waals surface area contributed by atoms with Crippen LogP contribution in [0.1, 0.15) is 41.8 Å². The number of hydrogen-bond donors (Lipinski definition) is 2. The lowest BCUT2D eigenvalue weighted by Crippen LogP contribution is -2.30. The number of thiazole rings is 1. The molecule has 2 rings (SSSR count). The first kappa shape index (κ1) is 18.9. The molecule has 1 amide bonds. The molecule has 6 nitrogen and oxygen atoms in total. The average molecular weight is 362 g/mol. The summed E-state index contributed by atoms with van der Waals surface area (Å²) in [6.45, 7) is 6.74. The van der Waals surface area contributed by atoms with Gasteiger partial charge in [-0.25, -0.2) is 9.78 Å². The summed E-state index contributed by atoms with van der Waals surface area (Å²) in [5.74, 6) is -0.624. The Morgan fingerprint density at radius 1 is 1.24 bits per heavy atom. The highest BCUT2D eigenvalue weighted by Gasteiger charge is 2.13. The number of hydrogen-bond acceptors (Lipinski definition) is 5. The van der Waals surface area contributed by atoms with Crippen molar-refractivity contribution in [3.63, 3.8) is 0 Å². The summed E-state index contributed by atoms with van der Waals surface area (Å²) in [6.07, 6.45) is 0.490. The van der Waals surface area contributed by atoms with E-state index in [1.807, 2.05) is 24.3 Å². The van der Waals surface area contributed by atoms with E-state index in [9.17, 15) is 9.59 Å². The summed E-state index contributed by atoms with van der Waals surface area (Å²) in [5.41, 5.74) is 1.31. The molecule has 134 valence electrons. The van der Waals surface area contributed by atoms with Crippen LogP contribution in [0.2, 0.25) is 0 Å². The third-order valence-electron chi connectivity index (χ3n) is 3.52. The molecule has 0 aliphatic carbocycles. The summed E-state index contributed by atoms with van der Waals surface area (Å²) in [7, 11) is 0. The predicted octanol–water partition coefficient (Wildman–Crippen LogP) is 2.88. The molecule has 0 radical (unpaired) electrons. The van der Waals surface area contributed by atoms with Gasteiger partial charge in [-0.3, -0.25) is 4.79 Å². The molecule has 1 aromatic heterocycles. The monoisotopic (exact) mass is 362 g/mol. The number of amides is 1. The van der Waals surface area contributed by atoms with Crippen molar-refractivity contribution in [3.05, 3.63) is 45.9 Å². The molecule has 0 aliphatic rings. The van der Waals surface area contributed by atoms with Crippen molar-refractivity contribution < 1.29 is 19.4 Å². The van der Waals surface area contributed by atoms with Crippen LogP contribution in [-0.4, -0.2) is 35.1 Å². The second kappa shape index (κ2) is 8.11. The minimum Gasteiger partial charge on any atom is -0.484 e. The zero-order valence-corrected chi connectivity index (χ0v) is 15.4. The smallest absolute Gasteiger partial charge is 0.355 e. The van der Waals surface area contributed by atoms with Gasteiger partial charge in [0.15, 0.2) is 12.3 Å². The van der Waals surface area contributed by atoms with Gasteiger partial charge < -0.3 is 15.2 Å². The molecule has 2 aromatic rings. The maximum absolute atomic E-state index is 11.8. The van der Waals surface area contributed by atoms with E-state index in [0.717, 1.165) is 0 Å². The fourth-order valence-electron chi connectivity index (χ4n) is 2.08. The van der Waals surface area contributed by atoms with Gasteiger partial charge in [0.2, 0.25) is 0 Å². The molecule has 0 fully saturated rings. The lowest BCUT2D eigenvalue weighted by molar-refractivity contribution is -0.123. The third-order valence-corrected chi connectivity index (χ3v) is 4.43. The Bertz CT molecular complexity index is 732. The van der Waals surface area contributed by atoms with Crippen molar-refractivity contribution in [1.82, 2.24) is 10.3 Å². The minimum absolute atomic E-state index is 0.0355. The first-order chi connectivity index (χ1) is 11.8. The fraction of sp³-hybridized carbons (Fsp3) is 0.389. The van der Waals surface area contributed by atoms with Crippen molar-refractivity contribution in [3.8, 4) is 5.75 Å². The number of nitrogens with zero attached hydrogens (tertiary/aromatic N) is 1. The van der Waals surface area contributed by atoms with Gasteiger partial charge in [-0.15, -0.1) is 11.3 Å². The average Bonchev–Trinajstić information content (AvgIpc) is 3.02. The first-order valence-corrected chi connectivity index (χ1v) is 8.81. The van der Waals surface area contributed by atoms with Gasteiger partial charge in [0.1, 0.15) is 5.75 Å². The standard InChI is InChI=1S/C18H22N2O4S/c1-18(2,3)12-4-6-13(7-5-12)24-10-15(21)19-9-8-16-20-14(11-25-16)17(22)23/h4-7,11H,8-10H2,1-3H3,(H,19,21)(H,22,23). The van der Waals surface area contributed by atoms with Gasteiger partial charge in [0, 0.05) is 18.3 Å². The number of aromatic nitrogens is 1. The number of carbonyl (C=O) groups is 2. The second-order valence-electron chi connectivity index (χ2n) is 6.59. The van der Waals surface area contributed by atoms with E-state index in [-0.39, 0.29) is 23.6 Å². The Balaban J connectivity index is 1.72. The molecule has 0 spiro atoms. The Labute approximate surface area is 150 Å². The summed E-state index contributed by atoms with van der Waals surface area (Å²) in [5, 5.41) is 13.7. The van der Waals surface area contributed by atoms with Crippen LogP contribution >= 0.6 is 11.3 Å². The van der Waals surface area contributed by atoms with Crippen LogP contribution in [0.5, 0.6) is 5.75 Å². The van der Waals surface area contributed by atoms with Crippen LogP contribution in [0.15, 0.2) is 29.6 Å². The third kappa shape index (κ3) is 5.86. The largest absolute Gasteiger partial charge is 0.484 e. The van der Waals surface area contributed by atoms with Crippen LogP contribution < -0.4 is 10.1 Å². The zero-order valence-electron chi connectivity index (χ0n) is 14.5. The summed E-state index contributed by atoms with van der Waals surface area (Å²) >= 11 is 1.27. The van der Waals surface area contributed by atoms with E-state index in [4.69, 9.17) is 9.84 Å². The molecular weight excluding hydrogens is 340 g/mol. The Morgan fingerprint density at radius 3 is 2.48 bits per heavy atom. The SMILES string of the molecule is CC(C)(C)c1ccc(OCC(=O)NCCc2nc(C(=O)O)cs2)cc1. The second-order valence-corrected chi connectivity index (χ2v) is 7.54. The van der Waals surface area contributed by atoms with E-state index in [0.29, 0.717) is 23.7 Å². The highest BCUT2D eigenvalue weighted by Crippen LogP contribution is 2.24. The van der Waals surface area contributed by atoms with Crippen molar-refractivity contribution >= 4 is 23.2 Å². The van der Waals surface area contributed by atoms with Gasteiger partial charge in [0.05, 0.1) is 5.01 Å². The molecule has 0 atom stereocenters. The number of nitrogens with one attached hydrogen (secondary N) is 1. The Kier molecular flexibility index (Phi) is 6.14. The summed E-state index contributed by atoms with van der Waals surface area (Å²) < 4.78 is 5.47. The number of aromatic carboxylic acids is 1. The van der Waals surface area contributed by atoms with Crippen LogP contribution in [-0.2, 0) is 16.6 Å². The molecule has 1 aromatic carbocycles. The lowest BCUT2D eigenvalue weighted by atomic mass is 9.87. The van der Waals surface area contributed by atoms with Crippen LogP contribution in [0.3, 0.4) is 0 Å². The van der Waals surface area contributed by atoms with E-state index in [2.05, 4.69) is 31.1 Å². The zero-order chi connectivity index (χ0) is 18.4. The molecule has 0 aliphatic heterocycles. The predicted molar refractivity (Wildman–Crippen MR) is 96.4 cm³/mol. The maximum atomic E-state index is 11.8. The lowest BCUT2D eigenvalue weighted by Gasteiger charge is -2.19. The number of carboxylic acids is 1. The molecule has 2 N–H and O–H groups in total. The fourth-order valence-corrected chi connectivity index (χ4v) is 2.86. The molecule has 0 saturated carbocycles. The van der Waals surface area contributed by atoms with Crippen molar-refractivity contribution in [1.29, 1.82) is 0 Å². The molecule has 25 heavy (non-hydrogen) atoms. The molecular formula is C18H22N2O4S. The van der Waals surface area contributed by atoms with Crippen LogP contribution in [0, 0.1) is 0 Å². The van der Waals surface area contributed by atoms with Crippen molar-refractivity contribution in [2.45, 2.75) is 32.6 Å². The van der Waals surface area contributed by atoms with E-state index < -0.39 is 5.97 Å². The minimum atomic E-state index is -1.04. The van der Waals surface area contributed by atoms with Gasteiger partial charge in [0.25, 0.3) is 5.91 Å². The topological polar surface area (TPSA) is 88.5 Å². The highest BCUT2D eigenvalue weighted by molar-refractivity contribution is 7.09. The van der Waals surface area contributed by atoms with Crippen molar-refractivity contribution in [2.75, 3.05) is 13.2 Å². The van der Waals surface area contributed by atoms with Crippen molar-refractivity contribution in [2.24, 2.45) is 0 Å². The quantitative estimate of drug-likeness (QED) is 0.791. The molecule has 0 unspecified atom stereocenters. The number of benzene rings is 1.